The lowest BCUT2D eigenvalue weighted by Gasteiger charge is -2.22. The highest BCUT2D eigenvalue weighted by Gasteiger charge is 2.41. The van der Waals surface area contributed by atoms with Crippen molar-refractivity contribution >= 4 is 28.9 Å². The molecule has 130 valence electrons. The fraction of sp³-hybridized carbons (Fsp3) is 0.471. The average Bonchev–Trinajstić information content (AvgIpc) is 2.97. The van der Waals surface area contributed by atoms with Crippen molar-refractivity contribution in [2.45, 2.75) is 39.0 Å². The molecule has 24 heavy (non-hydrogen) atoms. The number of benzene rings is 1. The molecule has 1 heterocycles. The molecule has 0 spiro atoms. The first-order valence-electron chi connectivity index (χ1n) is 7.82. The van der Waals surface area contributed by atoms with Gasteiger partial charge in [0.05, 0.1) is 6.54 Å². The minimum Gasteiger partial charge on any atom is -0.461 e. The summed E-state index contributed by atoms with van der Waals surface area (Å²) in [6, 6.07) is 8.69. The summed E-state index contributed by atoms with van der Waals surface area (Å²) in [4.78, 5) is 37.1. The summed E-state index contributed by atoms with van der Waals surface area (Å²) >= 11 is 1.16. The molecule has 0 bridgehead atoms. The summed E-state index contributed by atoms with van der Waals surface area (Å²) in [5, 5.41) is -0.108. The van der Waals surface area contributed by atoms with Gasteiger partial charge in [0.1, 0.15) is 18.8 Å². The molecule has 7 heteroatoms. The van der Waals surface area contributed by atoms with E-state index in [4.69, 9.17) is 9.47 Å². The number of hydrogen-bond donors (Lipinski definition) is 0. The molecule has 2 atom stereocenters. The number of thioether (sulfide) groups is 1. The van der Waals surface area contributed by atoms with E-state index in [-0.39, 0.29) is 18.3 Å². The molecule has 1 saturated heterocycles. The van der Waals surface area contributed by atoms with Crippen molar-refractivity contribution in [3.63, 3.8) is 0 Å². The topological polar surface area (TPSA) is 72.9 Å². The molecule has 1 aliphatic heterocycles. The van der Waals surface area contributed by atoms with Crippen molar-refractivity contribution in [2.24, 2.45) is 0 Å². The minimum atomic E-state index is -0.623. The highest BCUT2D eigenvalue weighted by molar-refractivity contribution is 8.13. The molecule has 0 N–H and O–H groups in total. The van der Waals surface area contributed by atoms with Crippen LogP contribution in [0.5, 0.6) is 0 Å². The Kier molecular flexibility index (Phi) is 6.66. The summed E-state index contributed by atoms with van der Waals surface area (Å²) in [7, 11) is 0. The van der Waals surface area contributed by atoms with Crippen LogP contribution < -0.4 is 0 Å². The molecule has 0 saturated carbocycles. The van der Waals surface area contributed by atoms with E-state index in [1.165, 1.54) is 11.8 Å². The molecule has 1 amide bonds. The van der Waals surface area contributed by atoms with Gasteiger partial charge in [0.2, 0.25) is 5.12 Å². The van der Waals surface area contributed by atoms with E-state index in [9.17, 15) is 14.4 Å². The number of rotatable bonds is 5. The first-order valence-corrected chi connectivity index (χ1v) is 8.81. The second-order valence-corrected chi connectivity index (χ2v) is 6.70. The van der Waals surface area contributed by atoms with Crippen LogP contribution in [0.25, 0.3) is 0 Å². The number of nitrogens with zero attached hydrogens (tertiary/aromatic N) is 1. The third-order valence-electron chi connectivity index (χ3n) is 3.59. The maximum Gasteiger partial charge on any atom is 0.410 e. The number of amides is 1. The van der Waals surface area contributed by atoms with Crippen LogP contribution in [0.2, 0.25) is 0 Å². The fourth-order valence-electron chi connectivity index (χ4n) is 2.58. The molecule has 6 nitrogen and oxygen atoms in total. The fourth-order valence-corrected chi connectivity index (χ4v) is 3.28. The first-order chi connectivity index (χ1) is 11.5. The van der Waals surface area contributed by atoms with Gasteiger partial charge in [-0.25, -0.2) is 4.79 Å². The zero-order valence-electron chi connectivity index (χ0n) is 13.8. The number of carbonyl (C=O) groups is 3. The van der Waals surface area contributed by atoms with Gasteiger partial charge >= 0.3 is 12.1 Å². The molecule has 1 aliphatic rings. The van der Waals surface area contributed by atoms with Crippen LogP contribution in [-0.2, 0) is 25.7 Å². The van der Waals surface area contributed by atoms with Gasteiger partial charge in [-0.15, -0.1) is 0 Å². The van der Waals surface area contributed by atoms with Gasteiger partial charge in [0.15, 0.2) is 0 Å². The van der Waals surface area contributed by atoms with Crippen molar-refractivity contribution in [3.8, 4) is 0 Å². The Bertz CT molecular complexity index is 592. The number of hydrogen-bond acceptors (Lipinski definition) is 6. The monoisotopic (exact) mass is 351 g/mol. The molecule has 1 aromatic carbocycles. The van der Waals surface area contributed by atoms with Crippen LogP contribution in [0.4, 0.5) is 4.79 Å². The Hall–Kier alpha value is -2.02. The minimum absolute atomic E-state index is 0.108. The van der Waals surface area contributed by atoms with Crippen molar-refractivity contribution in [2.75, 3.05) is 12.3 Å². The lowest BCUT2D eigenvalue weighted by Crippen LogP contribution is -2.40. The summed E-state index contributed by atoms with van der Waals surface area (Å²) < 4.78 is 10.5. The second-order valence-electron chi connectivity index (χ2n) is 5.43. The predicted octanol–water partition coefficient (Wildman–Crippen LogP) is 2.61. The van der Waals surface area contributed by atoms with E-state index in [0.717, 1.165) is 17.3 Å². The highest BCUT2D eigenvalue weighted by Crippen LogP contribution is 2.26. The average molecular weight is 351 g/mol. The zero-order valence-corrected chi connectivity index (χ0v) is 14.6. The first kappa shape index (κ1) is 18.3. The Labute approximate surface area is 145 Å². The van der Waals surface area contributed by atoms with E-state index in [1.807, 2.05) is 37.3 Å². The summed E-state index contributed by atoms with van der Waals surface area (Å²) in [6.45, 7) is 3.50. The Morgan fingerprint density at radius 1 is 1.25 bits per heavy atom. The zero-order chi connectivity index (χ0) is 17.5. The van der Waals surface area contributed by atoms with Gasteiger partial charge < -0.3 is 9.47 Å². The van der Waals surface area contributed by atoms with Crippen LogP contribution in [-0.4, -0.2) is 46.5 Å². The van der Waals surface area contributed by atoms with Crippen molar-refractivity contribution in [1.29, 1.82) is 0 Å². The Balaban J connectivity index is 2.01. The van der Waals surface area contributed by atoms with Crippen LogP contribution >= 0.6 is 11.8 Å². The van der Waals surface area contributed by atoms with Gasteiger partial charge in [0, 0.05) is 13.3 Å². The quantitative estimate of drug-likeness (QED) is 0.759. The second kappa shape index (κ2) is 8.73. The van der Waals surface area contributed by atoms with E-state index in [1.54, 1.807) is 0 Å². The lowest BCUT2D eigenvalue weighted by molar-refractivity contribution is -0.145. The number of carbonyl (C=O) groups excluding carboxylic acids is 3. The maximum atomic E-state index is 12.4. The summed E-state index contributed by atoms with van der Waals surface area (Å²) in [5.74, 6) is 0.203. The normalized spacial score (nSPS) is 19.8. The van der Waals surface area contributed by atoms with Crippen molar-refractivity contribution in [1.82, 2.24) is 4.90 Å². The molecule has 1 aromatic rings. The van der Waals surface area contributed by atoms with Gasteiger partial charge in [-0.05, 0) is 11.3 Å². The largest absolute Gasteiger partial charge is 0.461 e. The highest BCUT2D eigenvalue weighted by atomic mass is 32.2. The van der Waals surface area contributed by atoms with E-state index >= 15 is 0 Å². The van der Waals surface area contributed by atoms with Crippen LogP contribution in [0, 0.1) is 0 Å². The van der Waals surface area contributed by atoms with E-state index < -0.39 is 24.2 Å². The summed E-state index contributed by atoms with van der Waals surface area (Å²) in [5.41, 5.74) is 0.868. The third-order valence-corrected chi connectivity index (χ3v) is 4.44. The molecule has 0 aromatic heterocycles. The van der Waals surface area contributed by atoms with Gasteiger partial charge in [-0.3, -0.25) is 14.5 Å². The molecule has 0 unspecified atom stereocenters. The Morgan fingerprint density at radius 3 is 2.58 bits per heavy atom. The molecular weight excluding hydrogens is 330 g/mol. The van der Waals surface area contributed by atoms with Gasteiger partial charge in [-0.2, -0.15) is 0 Å². The lowest BCUT2D eigenvalue weighted by atomic mass is 10.2. The van der Waals surface area contributed by atoms with Crippen molar-refractivity contribution < 1.29 is 23.9 Å². The van der Waals surface area contributed by atoms with Gasteiger partial charge in [0.25, 0.3) is 0 Å². The van der Waals surface area contributed by atoms with Crippen LogP contribution in [0.15, 0.2) is 30.3 Å². The van der Waals surface area contributed by atoms with E-state index in [2.05, 4.69) is 0 Å². The Morgan fingerprint density at radius 2 is 1.96 bits per heavy atom. The SMILES string of the molecule is CCSC(=O)[C@@H]1C[C@@H](OC(C)=O)CN1C(=O)OCc1ccccc1. The summed E-state index contributed by atoms with van der Waals surface area (Å²) in [6.07, 6.45) is -0.729. The van der Waals surface area contributed by atoms with Crippen LogP contribution in [0.1, 0.15) is 25.8 Å². The standard InChI is InChI=1S/C17H21NO5S/c1-3-24-16(20)15-9-14(23-12(2)19)10-18(15)17(21)22-11-13-7-5-4-6-8-13/h4-8,14-15H,3,9-11H2,1-2H3/t14-,15+/m1/s1. The third kappa shape index (κ3) is 4.99. The number of esters is 1. The molecule has 0 radical (unpaired) electrons. The number of likely N-dealkylation sites (tertiary alicyclic amines) is 1. The van der Waals surface area contributed by atoms with Crippen LogP contribution in [0.3, 0.4) is 0 Å². The van der Waals surface area contributed by atoms with E-state index in [0.29, 0.717) is 12.2 Å². The molecule has 1 fully saturated rings. The number of ether oxygens (including phenoxy) is 2. The predicted molar refractivity (Wildman–Crippen MR) is 90.4 cm³/mol. The molecular formula is C17H21NO5S. The molecule has 2 rings (SSSR count). The maximum absolute atomic E-state index is 12.4. The molecule has 0 aliphatic carbocycles. The van der Waals surface area contributed by atoms with Gasteiger partial charge in [-0.1, -0.05) is 49.0 Å². The van der Waals surface area contributed by atoms with Crippen molar-refractivity contribution in [3.05, 3.63) is 35.9 Å². The smallest absolute Gasteiger partial charge is 0.410 e.